The molecule has 1 heterocycles. The van der Waals surface area contributed by atoms with Gasteiger partial charge in [0.1, 0.15) is 5.76 Å². The maximum absolute atomic E-state index is 12.5. The van der Waals surface area contributed by atoms with Crippen LogP contribution in [-0.2, 0) is 0 Å². The minimum absolute atomic E-state index is 0.317. The van der Waals surface area contributed by atoms with Gasteiger partial charge < -0.3 is 15.2 Å². The van der Waals surface area contributed by atoms with Crippen LogP contribution in [0.3, 0.4) is 0 Å². The van der Waals surface area contributed by atoms with Crippen LogP contribution in [0.15, 0.2) is 53.1 Å². The molecule has 132 valence electrons. The SMILES string of the molecule is Cc1cc(NC(=O)c2cccc(C(=O)Nc3ccc(Cl)cc3C)c2)no1. The summed E-state index contributed by atoms with van der Waals surface area (Å²) in [7, 11) is 0. The molecule has 0 radical (unpaired) electrons. The summed E-state index contributed by atoms with van der Waals surface area (Å²) in [5.41, 5.74) is 2.21. The van der Waals surface area contributed by atoms with Gasteiger partial charge in [0.05, 0.1) is 0 Å². The first-order chi connectivity index (χ1) is 12.4. The van der Waals surface area contributed by atoms with E-state index in [1.807, 2.05) is 6.92 Å². The maximum atomic E-state index is 12.5. The Morgan fingerprint density at radius 3 is 2.27 bits per heavy atom. The highest BCUT2D eigenvalue weighted by Gasteiger charge is 2.13. The molecule has 0 aliphatic rings. The van der Waals surface area contributed by atoms with Gasteiger partial charge >= 0.3 is 0 Å². The molecule has 0 aliphatic carbocycles. The van der Waals surface area contributed by atoms with Crippen LogP contribution in [0.2, 0.25) is 5.02 Å². The molecule has 0 aliphatic heterocycles. The smallest absolute Gasteiger partial charge is 0.256 e. The number of carbonyl (C=O) groups is 2. The van der Waals surface area contributed by atoms with Crippen molar-refractivity contribution in [2.45, 2.75) is 13.8 Å². The number of carbonyl (C=O) groups excluding carboxylic acids is 2. The molecule has 0 atom stereocenters. The van der Waals surface area contributed by atoms with Crippen LogP contribution < -0.4 is 10.6 Å². The number of aromatic nitrogens is 1. The molecule has 0 bridgehead atoms. The molecule has 7 heteroatoms. The van der Waals surface area contributed by atoms with Crippen molar-refractivity contribution in [3.63, 3.8) is 0 Å². The summed E-state index contributed by atoms with van der Waals surface area (Å²) in [5, 5.41) is 9.75. The van der Waals surface area contributed by atoms with Crippen LogP contribution in [0.4, 0.5) is 11.5 Å². The summed E-state index contributed by atoms with van der Waals surface area (Å²) >= 11 is 5.93. The molecule has 0 saturated heterocycles. The maximum Gasteiger partial charge on any atom is 0.256 e. The van der Waals surface area contributed by atoms with E-state index < -0.39 is 0 Å². The predicted octanol–water partition coefficient (Wildman–Crippen LogP) is 4.45. The van der Waals surface area contributed by atoms with E-state index in [0.717, 1.165) is 5.56 Å². The third-order valence-corrected chi connectivity index (χ3v) is 3.93. The van der Waals surface area contributed by atoms with Gasteiger partial charge in [0.25, 0.3) is 11.8 Å². The average molecular weight is 370 g/mol. The second-order valence-corrected chi connectivity index (χ2v) is 6.21. The standard InChI is InChI=1S/C19H16ClN3O3/c1-11-8-15(20)6-7-16(11)21-18(24)13-4-3-5-14(10-13)19(25)22-17-9-12(2)26-23-17/h3-10H,1-2H3,(H,21,24)(H,22,23,25). The van der Waals surface area contributed by atoms with Crippen molar-refractivity contribution in [2.75, 3.05) is 10.6 Å². The number of hydrogen-bond acceptors (Lipinski definition) is 4. The molecular weight excluding hydrogens is 354 g/mol. The normalized spacial score (nSPS) is 10.4. The van der Waals surface area contributed by atoms with Gasteiger partial charge in [-0.2, -0.15) is 0 Å². The fraction of sp³-hybridized carbons (Fsp3) is 0.105. The Bertz CT molecular complexity index is 982. The van der Waals surface area contributed by atoms with Crippen LogP contribution >= 0.6 is 11.6 Å². The lowest BCUT2D eigenvalue weighted by Crippen LogP contribution is -2.16. The lowest BCUT2D eigenvalue weighted by molar-refractivity contribution is 0.102. The number of hydrogen-bond donors (Lipinski definition) is 2. The van der Waals surface area contributed by atoms with E-state index in [2.05, 4.69) is 15.8 Å². The van der Waals surface area contributed by atoms with E-state index in [1.54, 1.807) is 49.4 Å². The number of nitrogens with zero attached hydrogens (tertiary/aromatic N) is 1. The van der Waals surface area contributed by atoms with Gasteiger partial charge in [0.15, 0.2) is 5.82 Å². The van der Waals surface area contributed by atoms with Crippen LogP contribution in [0.5, 0.6) is 0 Å². The van der Waals surface area contributed by atoms with E-state index in [4.69, 9.17) is 16.1 Å². The van der Waals surface area contributed by atoms with Crippen molar-refractivity contribution >= 4 is 34.9 Å². The second-order valence-electron chi connectivity index (χ2n) is 5.77. The first-order valence-electron chi connectivity index (χ1n) is 7.84. The van der Waals surface area contributed by atoms with Gasteiger partial charge in [-0.25, -0.2) is 0 Å². The van der Waals surface area contributed by atoms with Gasteiger partial charge in [0.2, 0.25) is 0 Å². The number of amides is 2. The number of halogens is 1. The molecule has 2 amide bonds. The third kappa shape index (κ3) is 4.10. The van der Waals surface area contributed by atoms with Gasteiger partial charge in [-0.3, -0.25) is 9.59 Å². The monoisotopic (exact) mass is 369 g/mol. The molecule has 3 aromatic rings. The molecule has 0 spiro atoms. The highest BCUT2D eigenvalue weighted by Crippen LogP contribution is 2.20. The Labute approximate surface area is 155 Å². The van der Waals surface area contributed by atoms with Crippen molar-refractivity contribution in [3.05, 3.63) is 76.0 Å². The van der Waals surface area contributed by atoms with E-state index in [1.165, 1.54) is 6.07 Å². The van der Waals surface area contributed by atoms with Gasteiger partial charge in [0, 0.05) is 27.9 Å². The van der Waals surface area contributed by atoms with E-state index in [-0.39, 0.29) is 11.8 Å². The molecule has 0 saturated carbocycles. The lowest BCUT2D eigenvalue weighted by atomic mass is 10.1. The first-order valence-corrected chi connectivity index (χ1v) is 8.22. The minimum Gasteiger partial charge on any atom is -0.360 e. The Kier molecular flexibility index (Phi) is 5.04. The quantitative estimate of drug-likeness (QED) is 0.711. The third-order valence-electron chi connectivity index (χ3n) is 3.69. The van der Waals surface area contributed by atoms with Crippen LogP contribution in [-0.4, -0.2) is 17.0 Å². The molecule has 1 aromatic heterocycles. The summed E-state index contributed by atoms with van der Waals surface area (Å²) in [4.78, 5) is 24.8. The molecule has 2 N–H and O–H groups in total. The van der Waals surface area contributed by atoms with Crippen molar-refractivity contribution in [1.29, 1.82) is 0 Å². The second kappa shape index (κ2) is 7.41. The van der Waals surface area contributed by atoms with Crippen molar-refractivity contribution in [1.82, 2.24) is 5.16 Å². The number of rotatable bonds is 4. The summed E-state index contributed by atoms with van der Waals surface area (Å²) in [6.45, 7) is 3.58. The minimum atomic E-state index is -0.379. The Morgan fingerprint density at radius 2 is 1.65 bits per heavy atom. The fourth-order valence-electron chi connectivity index (χ4n) is 2.38. The van der Waals surface area contributed by atoms with Crippen molar-refractivity contribution < 1.29 is 14.1 Å². The zero-order chi connectivity index (χ0) is 18.7. The molecule has 2 aromatic carbocycles. The summed E-state index contributed by atoms with van der Waals surface area (Å²) in [6, 6.07) is 13.2. The zero-order valence-electron chi connectivity index (χ0n) is 14.2. The molecule has 0 fully saturated rings. The zero-order valence-corrected chi connectivity index (χ0v) is 14.9. The Balaban J connectivity index is 1.75. The summed E-state index contributed by atoms with van der Waals surface area (Å²) in [5.74, 6) is 0.212. The first kappa shape index (κ1) is 17.7. The highest BCUT2D eigenvalue weighted by atomic mass is 35.5. The van der Waals surface area contributed by atoms with Gasteiger partial charge in [-0.05, 0) is 55.8 Å². The number of benzene rings is 2. The molecule has 6 nitrogen and oxygen atoms in total. The van der Waals surface area contributed by atoms with Gasteiger partial charge in [-0.15, -0.1) is 0 Å². The molecule has 3 rings (SSSR count). The number of anilines is 2. The van der Waals surface area contributed by atoms with E-state index in [0.29, 0.717) is 33.4 Å². The summed E-state index contributed by atoms with van der Waals surface area (Å²) < 4.78 is 4.91. The Hall–Kier alpha value is -3.12. The largest absolute Gasteiger partial charge is 0.360 e. The van der Waals surface area contributed by atoms with Crippen molar-refractivity contribution in [2.24, 2.45) is 0 Å². The number of aryl methyl sites for hydroxylation is 2. The molecular formula is C19H16ClN3O3. The van der Waals surface area contributed by atoms with Crippen molar-refractivity contribution in [3.8, 4) is 0 Å². The molecule has 26 heavy (non-hydrogen) atoms. The average Bonchev–Trinajstić information content (AvgIpc) is 3.02. The van der Waals surface area contributed by atoms with Crippen LogP contribution in [0, 0.1) is 13.8 Å². The van der Waals surface area contributed by atoms with E-state index in [9.17, 15) is 9.59 Å². The summed E-state index contributed by atoms with van der Waals surface area (Å²) in [6.07, 6.45) is 0. The van der Waals surface area contributed by atoms with Crippen LogP contribution in [0.1, 0.15) is 32.0 Å². The topological polar surface area (TPSA) is 84.2 Å². The highest BCUT2D eigenvalue weighted by molar-refractivity contribution is 6.30. The number of nitrogens with one attached hydrogen (secondary N) is 2. The van der Waals surface area contributed by atoms with E-state index >= 15 is 0 Å². The fourth-order valence-corrected chi connectivity index (χ4v) is 2.60. The lowest BCUT2D eigenvalue weighted by Gasteiger charge is -2.09. The molecule has 0 unspecified atom stereocenters. The Morgan fingerprint density at radius 1 is 0.962 bits per heavy atom. The predicted molar refractivity (Wildman–Crippen MR) is 99.8 cm³/mol. The van der Waals surface area contributed by atoms with Crippen LogP contribution in [0.25, 0.3) is 0 Å². The van der Waals surface area contributed by atoms with Gasteiger partial charge in [-0.1, -0.05) is 22.8 Å².